The number of nitro benzene ring substituents is 1. The molecule has 2 aromatic carbocycles. The summed E-state index contributed by atoms with van der Waals surface area (Å²) in [6.07, 6.45) is 0. The number of hydrogen-bond acceptors (Lipinski definition) is 6. The molecule has 0 radical (unpaired) electrons. The Morgan fingerprint density at radius 2 is 1.84 bits per heavy atom. The third-order valence-corrected chi connectivity index (χ3v) is 4.07. The predicted molar refractivity (Wildman–Crippen MR) is 86.7 cm³/mol. The van der Waals surface area contributed by atoms with Crippen LogP contribution in [0.1, 0.15) is 12.5 Å². The number of nitrogens with two attached hydrogens (primary N) is 1. The van der Waals surface area contributed by atoms with E-state index in [2.05, 4.69) is 10.5 Å². The van der Waals surface area contributed by atoms with Gasteiger partial charge in [0, 0.05) is 6.07 Å². The zero-order valence-corrected chi connectivity index (χ0v) is 13.5. The molecule has 0 aliphatic carbocycles. The van der Waals surface area contributed by atoms with Gasteiger partial charge in [-0.25, -0.2) is 22.3 Å². The van der Waals surface area contributed by atoms with Gasteiger partial charge in [-0.3, -0.25) is 15.5 Å². The van der Waals surface area contributed by atoms with E-state index in [1.54, 1.807) is 0 Å². The van der Waals surface area contributed by atoms with E-state index in [0.717, 1.165) is 30.3 Å². The molecule has 132 valence electrons. The van der Waals surface area contributed by atoms with Gasteiger partial charge in [0.1, 0.15) is 17.3 Å². The second kappa shape index (κ2) is 6.91. The fourth-order valence-electron chi connectivity index (χ4n) is 1.98. The van der Waals surface area contributed by atoms with Gasteiger partial charge in [0.15, 0.2) is 0 Å². The summed E-state index contributed by atoms with van der Waals surface area (Å²) in [5.74, 6) is -1.69. The molecule has 11 heteroatoms. The van der Waals surface area contributed by atoms with E-state index >= 15 is 0 Å². The molecule has 2 rings (SSSR count). The lowest BCUT2D eigenvalue weighted by Gasteiger charge is -2.07. The Bertz CT molecular complexity index is 957. The lowest BCUT2D eigenvalue weighted by atomic mass is 10.1. The monoisotopic (exact) mass is 370 g/mol. The first-order valence-electron chi connectivity index (χ1n) is 6.67. The highest BCUT2D eigenvalue weighted by Gasteiger charge is 2.19. The molecule has 0 saturated carbocycles. The minimum atomic E-state index is -4.13. The molecule has 2 aromatic rings. The van der Waals surface area contributed by atoms with E-state index in [-0.39, 0.29) is 17.0 Å². The number of nitrogens with one attached hydrogen (secondary N) is 1. The number of nitrogens with zero attached hydrogens (tertiary/aromatic N) is 2. The smallest absolute Gasteiger partial charge is 0.271 e. The predicted octanol–water partition coefficient (Wildman–Crippen LogP) is 2.36. The number of anilines is 1. The summed E-state index contributed by atoms with van der Waals surface area (Å²) in [6, 6.07) is 6.14. The normalized spacial score (nSPS) is 12.1. The van der Waals surface area contributed by atoms with Crippen LogP contribution in [-0.4, -0.2) is 19.1 Å². The van der Waals surface area contributed by atoms with Crippen LogP contribution in [0.15, 0.2) is 46.4 Å². The van der Waals surface area contributed by atoms with Crippen LogP contribution < -0.4 is 10.6 Å². The fraction of sp³-hybridized carbons (Fsp3) is 0.0714. The lowest BCUT2D eigenvalue weighted by molar-refractivity contribution is -0.384. The van der Waals surface area contributed by atoms with E-state index in [0.29, 0.717) is 0 Å². The van der Waals surface area contributed by atoms with Crippen LogP contribution in [-0.2, 0) is 10.0 Å². The van der Waals surface area contributed by atoms with E-state index in [1.807, 2.05) is 0 Å². The molecule has 0 aromatic heterocycles. The molecule has 0 atom stereocenters. The molecule has 0 aliphatic rings. The molecule has 3 N–H and O–H groups in total. The fourth-order valence-corrected chi connectivity index (χ4v) is 2.51. The maximum absolute atomic E-state index is 13.7. The van der Waals surface area contributed by atoms with Crippen LogP contribution >= 0.6 is 0 Å². The number of primary sulfonamides is 1. The quantitative estimate of drug-likeness (QED) is 0.474. The largest absolute Gasteiger partial charge is 0.295 e. The van der Waals surface area contributed by atoms with Gasteiger partial charge in [0.05, 0.1) is 21.1 Å². The van der Waals surface area contributed by atoms with Crippen molar-refractivity contribution in [1.82, 2.24) is 0 Å². The van der Waals surface area contributed by atoms with Crippen LogP contribution in [0.4, 0.5) is 20.2 Å². The summed E-state index contributed by atoms with van der Waals surface area (Å²) >= 11 is 0. The number of hydrazone groups is 1. The van der Waals surface area contributed by atoms with Crippen LogP contribution in [0.5, 0.6) is 0 Å². The van der Waals surface area contributed by atoms with Crippen LogP contribution in [0.2, 0.25) is 0 Å². The van der Waals surface area contributed by atoms with Crippen LogP contribution in [0.3, 0.4) is 0 Å². The van der Waals surface area contributed by atoms with Gasteiger partial charge in [0.25, 0.3) is 5.69 Å². The number of hydrogen-bond donors (Lipinski definition) is 2. The van der Waals surface area contributed by atoms with E-state index in [1.165, 1.54) is 13.0 Å². The Balaban J connectivity index is 2.42. The van der Waals surface area contributed by atoms with Crippen molar-refractivity contribution in [3.63, 3.8) is 0 Å². The molecule has 8 nitrogen and oxygen atoms in total. The van der Waals surface area contributed by atoms with Gasteiger partial charge in [-0.05, 0) is 31.2 Å². The Morgan fingerprint density at radius 1 is 1.24 bits per heavy atom. The standard InChI is InChI=1S/C14H12F2N4O4S/c1-8(14-10(15)3-2-4-11(14)16)18-19-12-6-5-9(25(17,23)24)7-13(12)20(21)22/h2-7,19H,1H3,(H2,17,23,24)/b18-8-. The third kappa shape index (κ3) is 4.14. The molecule has 0 bridgehead atoms. The summed E-state index contributed by atoms with van der Waals surface area (Å²) in [6.45, 7) is 1.30. The van der Waals surface area contributed by atoms with Gasteiger partial charge in [0.2, 0.25) is 10.0 Å². The maximum atomic E-state index is 13.7. The molecule has 0 aliphatic heterocycles. The minimum absolute atomic E-state index is 0.0968. The average molecular weight is 370 g/mol. The Kier molecular flexibility index (Phi) is 5.09. The highest BCUT2D eigenvalue weighted by atomic mass is 32.2. The Morgan fingerprint density at radius 3 is 2.36 bits per heavy atom. The molecule has 0 spiro atoms. The number of nitro groups is 1. The van der Waals surface area contributed by atoms with E-state index in [4.69, 9.17) is 5.14 Å². The number of benzene rings is 2. The molecule has 25 heavy (non-hydrogen) atoms. The first-order valence-corrected chi connectivity index (χ1v) is 8.22. The SMILES string of the molecule is C/C(=N/Nc1ccc(S(N)(=O)=O)cc1[N+](=O)[O-])c1c(F)cccc1F. The zero-order chi connectivity index (χ0) is 18.8. The highest BCUT2D eigenvalue weighted by Crippen LogP contribution is 2.27. The topological polar surface area (TPSA) is 128 Å². The molecular formula is C14H12F2N4O4S. The third-order valence-electron chi connectivity index (χ3n) is 3.16. The highest BCUT2D eigenvalue weighted by molar-refractivity contribution is 7.89. The second-order valence-corrected chi connectivity index (χ2v) is 6.45. The van der Waals surface area contributed by atoms with Crippen molar-refractivity contribution in [2.75, 3.05) is 5.43 Å². The molecule has 0 saturated heterocycles. The maximum Gasteiger partial charge on any atom is 0.295 e. The number of sulfonamides is 1. The van der Waals surface area contributed by atoms with Crippen LogP contribution in [0, 0.1) is 21.7 Å². The van der Waals surface area contributed by atoms with E-state index in [9.17, 15) is 27.3 Å². The van der Waals surface area contributed by atoms with Gasteiger partial charge in [-0.2, -0.15) is 5.10 Å². The lowest BCUT2D eigenvalue weighted by Crippen LogP contribution is -2.13. The summed E-state index contributed by atoms with van der Waals surface area (Å²) in [5.41, 5.74) is 1.03. The summed E-state index contributed by atoms with van der Waals surface area (Å²) < 4.78 is 49.9. The van der Waals surface area contributed by atoms with Crippen molar-refractivity contribution in [2.45, 2.75) is 11.8 Å². The zero-order valence-electron chi connectivity index (χ0n) is 12.7. The van der Waals surface area contributed by atoms with Crippen molar-refractivity contribution in [3.8, 4) is 0 Å². The van der Waals surface area contributed by atoms with Crippen molar-refractivity contribution in [2.24, 2.45) is 10.2 Å². The van der Waals surface area contributed by atoms with Crippen molar-refractivity contribution in [3.05, 3.63) is 63.7 Å². The number of halogens is 2. The second-order valence-electron chi connectivity index (χ2n) is 4.89. The Labute approximate surface area is 141 Å². The molecule has 0 unspecified atom stereocenters. The first-order chi connectivity index (χ1) is 11.6. The average Bonchev–Trinajstić information content (AvgIpc) is 2.51. The van der Waals surface area contributed by atoms with Crippen molar-refractivity contribution < 1.29 is 22.1 Å². The van der Waals surface area contributed by atoms with Crippen molar-refractivity contribution in [1.29, 1.82) is 0 Å². The van der Waals surface area contributed by atoms with Gasteiger partial charge in [-0.15, -0.1) is 0 Å². The summed E-state index contributed by atoms with van der Waals surface area (Å²) in [4.78, 5) is 9.79. The summed E-state index contributed by atoms with van der Waals surface area (Å²) in [7, 11) is -4.13. The summed E-state index contributed by atoms with van der Waals surface area (Å²) in [5, 5.41) is 19.7. The molecular weight excluding hydrogens is 358 g/mol. The van der Waals surface area contributed by atoms with Gasteiger partial charge in [-0.1, -0.05) is 6.07 Å². The van der Waals surface area contributed by atoms with Crippen LogP contribution in [0.25, 0.3) is 0 Å². The molecule has 0 fully saturated rings. The van der Waals surface area contributed by atoms with Crippen molar-refractivity contribution >= 4 is 27.1 Å². The minimum Gasteiger partial charge on any atom is -0.271 e. The van der Waals surface area contributed by atoms with E-state index < -0.39 is 37.2 Å². The van der Waals surface area contributed by atoms with Gasteiger partial charge < -0.3 is 0 Å². The van der Waals surface area contributed by atoms with Gasteiger partial charge >= 0.3 is 0 Å². The molecule has 0 heterocycles. The first kappa shape index (κ1) is 18.4. The molecule has 0 amide bonds. The number of rotatable bonds is 5. The Hall–Kier alpha value is -2.92.